The highest BCUT2D eigenvalue weighted by molar-refractivity contribution is 6.35. The van der Waals surface area contributed by atoms with E-state index in [1.54, 1.807) is 38.1 Å². The minimum absolute atomic E-state index is 0.0695. The number of halogens is 5. The van der Waals surface area contributed by atoms with E-state index >= 15 is 0 Å². The monoisotopic (exact) mass is 588 g/mol. The van der Waals surface area contributed by atoms with Crippen molar-refractivity contribution in [3.8, 4) is 5.75 Å². The molecule has 0 aliphatic carbocycles. The molecule has 13 heteroatoms. The lowest BCUT2D eigenvalue weighted by Gasteiger charge is -2.40. The van der Waals surface area contributed by atoms with Gasteiger partial charge in [-0.15, -0.1) is 0 Å². The lowest BCUT2D eigenvalue weighted by atomic mass is 9.96. The molecular weight excluding hydrogens is 560 g/mol. The van der Waals surface area contributed by atoms with Crippen molar-refractivity contribution in [2.45, 2.75) is 75.5 Å². The Hall–Kier alpha value is -2.76. The van der Waals surface area contributed by atoms with Crippen molar-refractivity contribution < 1.29 is 32.6 Å². The number of anilines is 1. The van der Waals surface area contributed by atoms with Gasteiger partial charge in [0.25, 0.3) is 11.8 Å². The summed E-state index contributed by atoms with van der Waals surface area (Å²) >= 11 is 12.1. The number of nitrogens with zero attached hydrogens (tertiary/aromatic N) is 2. The van der Waals surface area contributed by atoms with E-state index in [-0.39, 0.29) is 29.6 Å². The number of pyridine rings is 1. The van der Waals surface area contributed by atoms with Gasteiger partial charge in [-0.2, -0.15) is 13.2 Å². The summed E-state index contributed by atoms with van der Waals surface area (Å²) in [4.78, 5) is 31.8. The van der Waals surface area contributed by atoms with Crippen molar-refractivity contribution in [3.05, 3.63) is 52.1 Å². The largest absolute Gasteiger partial charge is 0.476 e. The Morgan fingerprint density at radius 1 is 1.15 bits per heavy atom. The number of hydrogen-bond acceptors (Lipinski definition) is 6. The van der Waals surface area contributed by atoms with E-state index in [4.69, 9.17) is 33.0 Å². The van der Waals surface area contributed by atoms with Gasteiger partial charge in [0.15, 0.2) is 11.7 Å². The molecule has 0 unspecified atom stereocenters. The zero-order valence-corrected chi connectivity index (χ0v) is 22.8. The number of alkyl halides is 3. The predicted molar refractivity (Wildman–Crippen MR) is 140 cm³/mol. The first kappa shape index (κ1) is 29.2. The molecule has 3 N–H and O–H groups in total. The Balaban J connectivity index is 1.34. The van der Waals surface area contributed by atoms with Gasteiger partial charge in [-0.3, -0.25) is 9.59 Å². The topological polar surface area (TPSA) is 104 Å². The number of aliphatic hydroxyl groups excluding tert-OH is 1. The molecule has 2 saturated heterocycles. The van der Waals surface area contributed by atoms with E-state index in [1.807, 2.05) is 0 Å². The van der Waals surface area contributed by atoms with Gasteiger partial charge in [0.05, 0.1) is 17.1 Å². The number of carbonyl (C=O) groups excluding carboxylic acids is 2. The summed E-state index contributed by atoms with van der Waals surface area (Å²) < 4.78 is 43.3. The van der Waals surface area contributed by atoms with Crippen LogP contribution >= 0.6 is 23.2 Å². The Morgan fingerprint density at radius 3 is 2.38 bits per heavy atom. The lowest BCUT2D eigenvalue weighted by molar-refractivity contribution is -0.201. The summed E-state index contributed by atoms with van der Waals surface area (Å²) in [6.07, 6.45) is -2.93. The predicted octanol–water partition coefficient (Wildman–Crippen LogP) is 4.52. The van der Waals surface area contributed by atoms with Gasteiger partial charge < -0.3 is 25.4 Å². The van der Waals surface area contributed by atoms with Crippen molar-refractivity contribution in [2.75, 3.05) is 11.4 Å². The first-order valence-electron chi connectivity index (χ1n) is 12.5. The number of carbonyl (C=O) groups is 2. The molecule has 2 amide bonds. The molecule has 2 aliphatic heterocycles. The van der Waals surface area contributed by atoms with Crippen molar-refractivity contribution >= 4 is 40.8 Å². The average molecular weight is 589 g/mol. The normalized spacial score (nSPS) is 21.8. The summed E-state index contributed by atoms with van der Waals surface area (Å²) in [5, 5.41) is 15.0. The maximum Gasteiger partial charge on any atom is 0.416 e. The van der Waals surface area contributed by atoms with Gasteiger partial charge in [-0.25, -0.2) is 4.98 Å². The van der Waals surface area contributed by atoms with E-state index in [0.717, 1.165) is 12.8 Å². The number of nitrogens with one attached hydrogen (secondary N) is 2. The smallest absolute Gasteiger partial charge is 0.416 e. The minimum Gasteiger partial charge on any atom is -0.476 e. The molecule has 39 heavy (non-hydrogen) atoms. The zero-order chi connectivity index (χ0) is 28.5. The fraction of sp³-hybridized carbons (Fsp3) is 0.500. The molecule has 0 radical (unpaired) electrons. The Labute approximate surface area is 233 Å². The fourth-order valence-corrected chi connectivity index (χ4v) is 5.43. The second-order valence-corrected chi connectivity index (χ2v) is 11.1. The zero-order valence-electron chi connectivity index (χ0n) is 21.3. The summed E-state index contributed by atoms with van der Waals surface area (Å²) in [6, 6.07) is 8.13. The second kappa shape index (κ2) is 11.4. The van der Waals surface area contributed by atoms with Crippen molar-refractivity contribution in [3.63, 3.8) is 0 Å². The van der Waals surface area contributed by atoms with Crippen molar-refractivity contribution in [1.29, 1.82) is 0 Å². The Bertz CT molecular complexity index is 1200. The summed E-state index contributed by atoms with van der Waals surface area (Å²) in [7, 11) is 0. The molecule has 0 saturated carbocycles. The van der Waals surface area contributed by atoms with Crippen LogP contribution in [0.2, 0.25) is 10.0 Å². The van der Waals surface area contributed by atoms with Gasteiger partial charge in [-0.05, 0) is 69.9 Å². The first-order chi connectivity index (χ1) is 18.2. The van der Waals surface area contributed by atoms with Crippen molar-refractivity contribution in [1.82, 2.24) is 15.6 Å². The lowest BCUT2D eigenvalue weighted by Crippen LogP contribution is -2.55. The molecule has 212 valence electrons. The van der Waals surface area contributed by atoms with Crippen LogP contribution in [0.1, 0.15) is 49.9 Å². The van der Waals surface area contributed by atoms with Gasteiger partial charge in [0, 0.05) is 29.3 Å². The Morgan fingerprint density at radius 2 is 1.82 bits per heavy atom. The average Bonchev–Trinajstić information content (AvgIpc) is 3.13. The highest BCUT2D eigenvalue weighted by Crippen LogP contribution is 2.39. The Kier molecular flexibility index (Phi) is 8.53. The number of aromatic nitrogens is 1. The van der Waals surface area contributed by atoms with Crippen molar-refractivity contribution in [2.24, 2.45) is 0 Å². The molecule has 2 bridgehead atoms. The first-order valence-corrected chi connectivity index (χ1v) is 13.2. The molecule has 4 atom stereocenters. The summed E-state index contributed by atoms with van der Waals surface area (Å²) in [5.74, 6) is -0.0157. The van der Waals surface area contributed by atoms with Crippen LogP contribution in [0.4, 0.5) is 19.0 Å². The molecule has 4 rings (SSSR count). The van der Waals surface area contributed by atoms with E-state index in [0.29, 0.717) is 34.5 Å². The molecule has 3 heterocycles. The number of piperidine rings is 1. The number of fused-ring (bicyclic) bond motifs is 2. The standard InChI is InChI=1S/C26H29Cl2F3N4O4/c1-25(2,39-20-7-4-15(27)9-19(20)28)24(38)34-16-10-17-5-6-18(11-16)35(17)22-8-3-14(12-32-22)23(37)33-13-21(36)26(29,30)31/h3-4,7-9,12,16-18,21,36H,5-6,10-11,13H2,1-2H3,(H,33,37)(H,34,38)/t16-,17+,18-,21-/m0/s1. The third-order valence-electron chi connectivity index (χ3n) is 6.98. The molecule has 0 spiro atoms. The van der Waals surface area contributed by atoms with Gasteiger partial charge >= 0.3 is 6.18 Å². The maximum absolute atomic E-state index is 13.1. The molecule has 2 aromatic rings. The van der Waals surface area contributed by atoms with Crippen LogP contribution in [0.15, 0.2) is 36.5 Å². The molecule has 1 aromatic carbocycles. The van der Waals surface area contributed by atoms with Crippen LogP contribution in [0, 0.1) is 0 Å². The summed E-state index contributed by atoms with van der Waals surface area (Å²) in [6.45, 7) is 2.40. The number of rotatable bonds is 8. The van der Waals surface area contributed by atoms with E-state index in [1.165, 1.54) is 12.3 Å². The quantitative estimate of drug-likeness (QED) is 0.419. The van der Waals surface area contributed by atoms with E-state index in [9.17, 15) is 22.8 Å². The summed E-state index contributed by atoms with van der Waals surface area (Å²) in [5.41, 5.74) is -1.09. The number of ether oxygens (including phenoxy) is 1. The van der Waals surface area contributed by atoms with Crippen LogP contribution in [-0.4, -0.2) is 64.5 Å². The number of aliphatic hydroxyl groups is 1. The number of hydrogen-bond donors (Lipinski definition) is 3. The van der Waals surface area contributed by atoms with Gasteiger partial charge in [-0.1, -0.05) is 23.2 Å². The molecule has 8 nitrogen and oxygen atoms in total. The van der Waals surface area contributed by atoms with Gasteiger partial charge in [0.2, 0.25) is 0 Å². The van der Waals surface area contributed by atoms with E-state index in [2.05, 4.69) is 20.5 Å². The van der Waals surface area contributed by atoms with Crippen LogP contribution in [-0.2, 0) is 4.79 Å². The van der Waals surface area contributed by atoms with E-state index < -0.39 is 30.3 Å². The maximum atomic E-state index is 13.1. The van der Waals surface area contributed by atoms with Gasteiger partial charge in [0.1, 0.15) is 11.6 Å². The van der Waals surface area contributed by atoms with Crippen LogP contribution in [0.25, 0.3) is 0 Å². The molecule has 1 aromatic heterocycles. The third-order valence-corrected chi connectivity index (χ3v) is 7.51. The highest BCUT2D eigenvalue weighted by atomic mass is 35.5. The number of benzene rings is 1. The van der Waals surface area contributed by atoms with Crippen LogP contribution < -0.4 is 20.3 Å². The van der Waals surface area contributed by atoms with Crippen LogP contribution in [0.5, 0.6) is 5.75 Å². The molecule has 2 aliphatic rings. The molecular formula is C26H29Cl2F3N4O4. The SMILES string of the molecule is CC(C)(Oc1ccc(Cl)cc1Cl)C(=O)N[C@H]1C[C@H]2CC[C@@H](C1)N2c1ccc(C(=O)NC[C@H](O)C(F)(F)F)cn1. The minimum atomic E-state index is -4.81. The highest BCUT2D eigenvalue weighted by Gasteiger charge is 2.43. The molecule has 2 fully saturated rings. The number of amides is 2. The third kappa shape index (κ3) is 6.88. The second-order valence-electron chi connectivity index (χ2n) is 10.3. The van der Waals surface area contributed by atoms with Crippen LogP contribution in [0.3, 0.4) is 0 Å². The fourth-order valence-electron chi connectivity index (χ4n) is 4.99.